The van der Waals surface area contributed by atoms with Crippen LogP contribution < -0.4 is 5.32 Å². The maximum Gasteiger partial charge on any atom is 0.254 e. The van der Waals surface area contributed by atoms with Gasteiger partial charge in [-0.05, 0) is 44.5 Å². The second-order valence-corrected chi connectivity index (χ2v) is 6.50. The second kappa shape index (κ2) is 6.68. The zero-order valence-corrected chi connectivity index (χ0v) is 15.3. The van der Waals surface area contributed by atoms with Crippen molar-refractivity contribution in [2.24, 2.45) is 0 Å². The number of hydrogen-bond donors (Lipinski definition) is 2. The van der Waals surface area contributed by atoms with Gasteiger partial charge < -0.3 is 14.8 Å². The monoisotopic (exact) mass is 361 g/mol. The molecule has 0 aliphatic rings. The van der Waals surface area contributed by atoms with Gasteiger partial charge in [-0.2, -0.15) is 4.98 Å². The number of pyridine rings is 1. The predicted octanol–water partition coefficient (Wildman–Crippen LogP) is 3.72. The lowest BCUT2D eigenvalue weighted by atomic mass is 10.1. The van der Waals surface area contributed by atoms with Crippen LogP contribution in [0.25, 0.3) is 22.3 Å². The number of aromatic nitrogens is 4. The Morgan fingerprint density at radius 3 is 2.85 bits per heavy atom. The highest BCUT2D eigenvalue weighted by Crippen LogP contribution is 2.25. The Hall–Kier alpha value is -3.48. The highest BCUT2D eigenvalue weighted by Gasteiger charge is 2.20. The summed E-state index contributed by atoms with van der Waals surface area (Å²) >= 11 is 0. The molecule has 0 radical (unpaired) electrons. The van der Waals surface area contributed by atoms with Crippen molar-refractivity contribution in [2.75, 3.05) is 0 Å². The van der Waals surface area contributed by atoms with Crippen molar-refractivity contribution in [1.29, 1.82) is 0 Å². The standard InChI is InChI=1S/C20H19N5O2/c1-11-12(2)22-17-15(11)7-4-8-16(17)19(26)23-13(3)20-24-18(25-27-20)14-6-5-9-21-10-14/h4-10,13,22H,1-3H3,(H,23,26)/t13-/m1/s1. The van der Waals surface area contributed by atoms with Crippen molar-refractivity contribution in [3.05, 3.63) is 65.4 Å². The molecule has 2 N–H and O–H groups in total. The smallest absolute Gasteiger partial charge is 0.254 e. The average Bonchev–Trinajstić information content (AvgIpc) is 3.28. The van der Waals surface area contributed by atoms with Gasteiger partial charge in [0.25, 0.3) is 5.91 Å². The van der Waals surface area contributed by atoms with Crippen LogP contribution in [0.2, 0.25) is 0 Å². The molecule has 7 heteroatoms. The molecular weight excluding hydrogens is 342 g/mol. The van der Waals surface area contributed by atoms with Gasteiger partial charge >= 0.3 is 0 Å². The molecule has 3 aromatic heterocycles. The van der Waals surface area contributed by atoms with Gasteiger partial charge in [-0.25, -0.2) is 0 Å². The Morgan fingerprint density at radius 1 is 1.22 bits per heavy atom. The molecule has 0 spiro atoms. The number of H-pyrrole nitrogens is 1. The maximum atomic E-state index is 12.8. The molecule has 0 unspecified atom stereocenters. The first-order valence-electron chi connectivity index (χ1n) is 8.67. The summed E-state index contributed by atoms with van der Waals surface area (Å²) in [7, 11) is 0. The molecule has 1 amide bonds. The van der Waals surface area contributed by atoms with E-state index >= 15 is 0 Å². The SMILES string of the molecule is Cc1[nH]c2c(C(=O)N[C@H](C)c3nc(-c4cccnc4)no3)cccc2c1C. The fraction of sp³-hybridized carbons (Fsp3) is 0.200. The van der Waals surface area contributed by atoms with E-state index < -0.39 is 6.04 Å². The molecule has 0 bridgehead atoms. The molecular formula is C20H19N5O2. The summed E-state index contributed by atoms with van der Waals surface area (Å²) in [6.45, 7) is 5.85. The number of carbonyl (C=O) groups excluding carboxylic acids is 1. The quantitative estimate of drug-likeness (QED) is 0.577. The van der Waals surface area contributed by atoms with Crippen LogP contribution in [0, 0.1) is 13.8 Å². The van der Waals surface area contributed by atoms with Crippen LogP contribution >= 0.6 is 0 Å². The maximum absolute atomic E-state index is 12.8. The van der Waals surface area contributed by atoms with Crippen molar-refractivity contribution >= 4 is 16.8 Å². The van der Waals surface area contributed by atoms with E-state index in [2.05, 4.69) is 25.4 Å². The van der Waals surface area contributed by atoms with Crippen LogP contribution in [-0.4, -0.2) is 26.0 Å². The second-order valence-electron chi connectivity index (χ2n) is 6.50. The summed E-state index contributed by atoms with van der Waals surface area (Å²) in [6, 6.07) is 8.91. The van der Waals surface area contributed by atoms with Crippen LogP contribution in [0.5, 0.6) is 0 Å². The summed E-state index contributed by atoms with van der Waals surface area (Å²) in [6.07, 6.45) is 3.34. The highest BCUT2D eigenvalue weighted by atomic mass is 16.5. The summed E-state index contributed by atoms with van der Waals surface area (Å²) in [4.78, 5) is 24.5. The van der Waals surface area contributed by atoms with Gasteiger partial charge in [0, 0.05) is 29.0 Å². The van der Waals surface area contributed by atoms with E-state index in [4.69, 9.17) is 4.52 Å². The minimum absolute atomic E-state index is 0.199. The molecule has 0 saturated heterocycles. The topological polar surface area (TPSA) is 96.7 Å². The molecule has 0 aliphatic heterocycles. The normalized spacial score (nSPS) is 12.3. The molecule has 27 heavy (non-hydrogen) atoms. The Kier molecular flexibility index (Phi) is 4.19. The van der Waals surface area contributed by atoms with Gasteiger partial charge in [-0.1, -0.05) is 17.3 Å². The van der Waals surface area contributed by atoms with E-state index in [0.717, 1.165) is 27.7 Å². The highest BCUT2D eigenvalue weighted by molar-refractivity contribution is 6.06. The summed E-state index contributed by atoms with van der Waals surface area (Å²) in [5.41, 5.74) is 4.37. The zero-order chi connectivity index (χ0) is 19.0. The van der Waals surface area contributed by atoms with Gasteiger partial charge in [-0.15, -0.1) is 0 Å². The van der Waals surface area contributed by atoms with Crippen molar-refractivity contribution in [3.8, 4) is 11.4 Å². The molecule has 7 nitrogen and oxygen atoms in total. The van der Waals surface area contributed by atoms with E-state index in [1.165, 1.54) is 0 Å². The molecule has 136 valence electrons. The lowest BCUT2D eigenvalue weighted by molar-refractivity contribution is 0.0934. The third-order valence-electron chi connectivity index (χ3n) is 4.67. The van der Waals surface area contributed by atoms with Crippen molar-refractivity contribution in [1.82, 2.24) is 25.4 Å². The summed E-state index contributed by atoms with van der Waals surface area (Å²) in [5, 5.41) is 7.94. The number of fused-ring (bicyclic) bond motifs is 1. The molecule has 4 rings (SSSR count). The third kappa shape index (κ3) is 3.08. The van der Waals surface area contributed by atoms with E-state index in [1.807, 2.05) is 39.0 Å². The number of rotatable bonds is 4. The number of aromatic amines is 1. The van der Waals surface area contributed by atoms with E-state index in [0.29, 0.717) is 17.3 Å². The molecule has 0 saturated carbocycles. The minimum atomic E-state index is -0.428. The number of aryl methyl sites for hydroxylation is 2. The number of nitrogens with one attached hydrogen (secondary N) is 2. The van der Waals surface area contributed by atoms with Crippen LogP contribution in [-0.2, 0) is 0 Å². The number of para-hydroxylation sites is 1. The number of carbonyl (C=O) groups is 1. The Morgan fingerprint density at radius 2 is 2.07 bits per heavy atom. The summed E-state index contributed by atoms with van der Waals surface area (Å²) in [5.74, 6) is 0.584. The fourth-order valence-electron chi connectivity index (χ4n) is 3.03. The van der Waals surface area contributed by atoms with Gasteiger partial charge in [0.2, 0.25) is 11.7 Å². The average molecular weight is 361 g/mol. The van der Waals surface area contributed by atoms with Crippen LogP contribution in [0.3, 0.4) is 0 Å². The fourth-order valence-corrected chi connectivity index (χ4v) is 3.03. The van der Waals surface area contributed by atoms with E-state index in [9.17, 15) is 4.79 Å². The number of hydrogen-bond acceptors (Lipinski definition) is 5. The first kappa shape index (κ1) is 17.0. The lowest BCUT2D eigenvalue weighted by Crippen LogP contribution is -2.27. The van der Waals surface area contributed by atoms with Crippen LogP contribution in [0.15, 0.2) is 47.2 Å². The molecule has 3 heterocycles. The third-order valence-corrected chi connectivity index (χ3v) is 4.67. The molecule has 1 aromatic carbocycles. The minimum Gasteiger partial charge on any atom is -0.358 e. The van der Waals surface area contributed by atoms with Crippen molar-refractivity contribution < 1.29 is 9.32 Å². The lowest BCUT2D eigenvalue weighted by Gasteiger charge is -2.10. The van der Waals surface area contributed by atoms with E-state index in [1.54, 1.807) is 24.5 Å². The number of amides is 1. The molecule has 1 atom stereocenters. The van der Waals surface area contributed by atoms with Crippen LogP contribution in [0.4, 0.5) is 0 Å². The summed E-state index contributed by atoms with van der Waals surface area (Å²) < 4.78 is 5.32. The molecule has 4 aromatic rings. The Balaban J connectivity index is 1.57. The first-order chi connectivity index (χ1) is 13.0. The van der Waals surface area contributed by atoms with Crippen LogP contribution in [0.1, 0.15) is 40.5 Å². The number of benzene rings is 1. The number of nitrogens with zero attached hydrogens (tertiary/aromatic N) is 3. The Labute approximate surface area is 155 Å². The largest absolute Gasteiger partial charge is 0.358 e. The van der Waals surface area contributed by atoms with Crippen molar-refractivity contribution in [2.45, 2.75) is 26.8 Å². The molecule has 0 aliphatic carbocycles. The van der Waals surface area contributed by atoms with Gasteiger partial charge in [0.15, 0.2) is 0 Å². The predicted molar refractivity (Wildman–Crippen MR) is 101 cm³/mol. The van der Waals surface area contributed by atoms with Gasteiger partial charge in [0.05, 0.1) is 11.1 Å². The Bertz CT molecular complexity index is 1110. The van der Waals surface area contributed by atoms with Crippen molar-refractivity contribution in [3.63, 3.8) is 0 Å². The van der Waals surface area contributed by atoms with Gasteiger partial charge in [0.1, 0.15) is 6.04 Å². The molecule has 0 fully saturated rings. The van der Waals surface area contributed by atoms with E-state index in [-0.39, 0.29) is 5.91 Å². The first-order valence-corrected chi connectivity index (χ1v) is 8.67. The zero-order valence-electron chi connectivity index (χ0n) is 15.3. The van der Waals surface area contributed by atoms with Gasteiger partial charge in [-0.3, -0.25) is 9.78 Å².